The quantitative estimate of drug-likeness (QED) is 0.844. The molecular formula is C21H21NO2. The van der Waals surface area contributed by atoms with Crippen LogP contribution in [-0.2, 0) is 4.79 Å². The van der Waals surface area contributed by atoms with Gasteiger partial charge in [-0.25, -0.2) is 0 Å². The zero-order chi connectivity index (χ0) is 16.5. The molecule has 0 saturated carbocycles. The molecule has 2 aromatic rings. The zero-order valence-electron chi connectivity index (χ0n) is 13.8. The Morgan fingerprint density at radius 1 is 1.04 bits per heavy atom. The molecule has 0 radical (unpaired) electrons. The molecule has 3 heteroatoms. The topological polar surface area (TPSA) is 29.5 Å². The second kappa shape index (κ2) is 6.16. The molecule has 1 fully saturated rings. The number of methoxy groups -OCH3 is 1. The van der Waals surface area contributed by atoms with E-state index in [1.54, 1.807) is 7.11 Å². The summed E-state index contributed by atoms with van der Waals surface area (Å²) in [6.07, 6.45) is 5.08. The molecule has 3 nitrogen and oxygen atoms in total. The molecule has 1 aliphatic heterocycles. The summed E-state index contributed by atoms with van der Waals surface area (Å²) in [6.45, 7) is 0. The van der Waals surface area contributed by atoms with Crippen molar-refractivity contribution >= 4 is 17.2 Å². The highest BCUT2D eigenvalue weighted by Crippen LogP contribution is 2.43. The van der Waals surface area contributed by atoms with Gasteiger partial charge in [-0.2, -0.15) is 0 Å². The van der Waals surface area contributed by atoms with Crippen molar-refractivity contribution in [2.45, 2.75) is 25.3 Å². The molecule has 122 valence electrons. The molecule has 2 atom stereocenters. The highest BCUT2D eigenvalue weighted by molar-refractivity contribution is 6.00. The number of ether oxygens (including phenoxy) is 1. The first-order chi connectivity index (χ1) is 11.8. The fourth-order valence-electron chi connectivity index (χ4n) is 3.99. The van der Waals surface area contributed by atoms with E-state index < -0.39 is 0 Å². The van der Waals surface area contributed by atoms with Crippen molar-refractivity contribution in [1.82, 2.24) is 0 Å². The Labute approximate surface area is 142 Å². The number of fused-ring (bicyclic) bond motifs is 1. The average Bonchev–Trinajstić information content (AvgIpc) is 2.98. The van der Waals surface area contributed by atoms with Gasteiger partial charge in [-0.3, -0.25) is 4.79 Å². The van der Waals surface area contributed by atoms with Gasteiger partial charge >= 0.3 is 0 Å². The molecule has 0 bridgehead atoms. The summed E-state index contributed by atoms with van der Waals surface area (Å²) in [5.41, 5.74) is 3.46. The predicted octanol–water partition coefficient (Wildman–Crippen LogP) is 4.29. The molecule has 0 spiro atoms. The number of carbonyl (C=O) groups is 1. The minimum Gasteiger partial charge on any atom is -0.497 e. The van der Waals surface area contributed by atoms with Gasteiger partial charge in [0.1, 0.15) is 5.75 Å². The maximum atomic E-state index is 12.7. The average molecular weight is 319 g/mol. The van der Waals surface area contributed by atoms with Crippen LogP contribution in [0.15, 0.2) is 60.7 Å². The Bertz CT molecular complexity index is 764. The summed E-state index contributed by atoms with van der Waals surface area (Å²) in [5, 5.41) is 0. The summed E-state index contributed by atoms with van der Waals surface area (Å²) in [4.78, 5) is 14.7. The van der Waals surface area contributed by atoms with Crippen molar-refractivity contribution in [2.75, 3.05) is 12.0 Å². The van der Waals surface area contributed by atoms with E-state index in [9.17, 15) is 4.79 Å². The number of allylic oxidation sites excluding steroid dienone is 1. The minimum absolute atomic E-state index is 0.141. The standard InChI is InChI=1S/C21H21NO2/c1-24-18-12-10-17(11-13-18)22-20(23)14-16-8-5-9-19(21(16)22)15-6-3-2-4-7-15/h2-4,6-7,9-13,16,21H,5,8,14H2,1H3/t16-,21+/m0/s1. The van der Waals surface area contributed by atoms with E-state index in [2.05, 4.69) is 30.3 Å². The zero-order valence-corrected chi connectivity index (χ0v) is 13.8. The molecule has 1 heterocycles. The first-order valence-corrected chi connectivity index (χ1v) is 8.49. The molecule has 1 aliphatic carbocycles. The van der Waals surface area contributed by atoms with Gasteiger partial charge in [0.05, 0.1) is 13.2 Å². The molecule has 24 heavy (non-hydrogen) atoms. The van der Waals surface area contributed by atoms with Gasteiger partial charge in [0, 0.05) is 12.1 Å². The van der Waals surface area contributed by atoms with Crippen molar-refractivity contribution in [3.63, 3.8) is 0 Å². The summed E-state index contributed by atoms with van der Waals surface area (Å²) >= 11 is 0. The van der Waals surface area contributed by atoms with Crippen LogP contribution in [0.2, 0.25) is 0 Å². The minimum atomic E-state index is 0.141. The number of nitrogens with zero attached hydrogens (tertiary/aromatic N) is 1. The monoisotopic (exact) mass is 319 g/mol. The van der Waals surface area contributed by atoms with E-state index in [0.29, 0.717) is 12.3 Å². The van der Waals surface area contributed by atoms with E-state index in [4.69, 9.17) is 4.74 Å². The van der Waals surface area contributed by atoms with Gasteiger partial charge in [-0.05, 0) is 54.2 Å². The lowest BCUT2D eigenvalue weighted by Crippen LogP contribution is -2.37. The maximum absolute atomic E-state index is 12.7. The van der Waals surface area contributed by atoms with Crippen LogP contribution in [0.5, 0.6) is 5.75 Å². The number of benzene rings is 2. The summed E-state index contributed by atoms with van der Waals surface area (Å²) in [7, 11) is 1.66. The molecular weight excluding hydrogens is 298 g/mol. The predicted molar refractivity (Wildman–Crippen MR) is 96.0 cm³/mol. The molecule has 2 aliphatic rings. The van der Waals surface area contributed by atoms with Crippen LogP contribution in [-0.4, -0.2) is 19.1 Å². The van der Waals surface area contributed by atoms with Crippen LogP contribution in [0.3, 0.4) is 0 Å². The van der Waals surface area contributed by atoms with Crippen molar-refractivity contribution in [1.29, 1.82) is 0 Å². The van der Waals surface area contributed by atoms with E-state index in [1.165, 1.54) is 11.1 Å². The Morgan fingerprint density at radius 3 is 2.50 bits per heavy atom. The highest BCUT2D eigenvalue weighted by Gasteiger charge is 2.43. The smallest absolute Gasteiger partial charge is 0.227 e. The number of hydrogen-bond donors (Lipinski definition) is 0. The Morgan fingerprint density at radius 2 is 1.79 bits per heavy atom. The molecule has 4 rings (SSSR count). The van der Waals surface area contributed by atoms with Crippen LogP contribution in [0, 0.1) is 5.92 Å². The lowest BCUT2D eigenvalue weighted by Gasteiger charge is -2.33. The molecule has 0 N–H and O–H groups in total. The number of hydrogen-bond acceptors (Lipinski definition) is 2. The lowest BCUT2D eigenvalue weighted by atomic mass is 9.81. The maximum Gasteiger partial charge on any atom is 0.227 e. The lowest BCUT2D eigenvalue weighted by molar-refractivity contribution is -0.117. The van der Waals surface area contributed by atoms with Gasteiger partial charge < -0.3 is 9.64 Å². The van der Waals surface area contributed by atoms with Crippen molar-refractivity contribution in [2.24, 2.45) is 5.92 Å². The molecule has 1 saturated heterocycles. The molecule has 0 unspecified atom stereocenters. The number of anilines is 1. The van der Waals surface area contributed by atoms with Crippen LogP contribution in [0.25, 0.3) is 5.57 Å². The fraction of sp³-hybridized carbons (Fsp3) is 0.286. The van der Waals surface area contributed by atoms with Gasteiger partial charge in [-0.1, -0.05) is 36.4 Å². The Kier molecular flexibility index (Phi) is 3.85. The van der Waals surface area contributed by atoms with E-state index >= 15 is 0 Å². The molecule has 0 aromatic heterocycles. The fourth-order valence-corrected chi connectivity index (χ4v) is 3.99. The third-order valence-electron chi connectivity index (χ3n) is 5.11. The van der Waals surface area contributed by atoms with Crippen molar-refractivity contribution in [3.05, 3.63) is 66.2 Å². The van der Waals surface area contributed by atoms with Crippen LogP contribution < -0.4 is 9.64 Å². The molecule has 2 aromatic carbocycles. The van der Waals surface area contributed by atoms with E-state index in [-0.39, 0.29) is 11.9 Å². The first kappa shape index (κ1) is 15.0. The summed E-state index contributed by atoms with van der Waals surface area (Å²) in [6, 6.07) is 18.4. The third kappa shape index (κ3) is 2.50. The van der Waals surface area contributed by atoms with Crippen LogP contribution in [0.4, 0.5) is 5.69 Å². The van der Waals surface area contributed by atoms with Gasteiger partial charge in [-0.15, -0.1) is 0 Å². The van der Waals surface area contributed by atoms with Gasteiger partial charge in [0.2, 0.25) is 5.91 Å². The van der Waals surface area contributed by atoms with Crippen molar-refractivity contribution in [3.8, 4) is 5.75 Å². The van der Waals surface area contributed by atoms with Crippen LogP contribution >= 0.6 is 0 Å². The molecule has 1 amide bonds. The number of rotatable bonds is 3. The normalized spacial score (nSPS) is 23.0. The third-order valence-corrected chi connectivity index (χ3v) is 5.11. The Hall–Kier alpha value is -2.55. The summed E-state index contributed by atoms with van der Waals surface area (Å²) in [5.74, 6) is 1.43. The number of amides is 1. The number of carbonyl (C=O) groups excluding carboxylic acids is 1. The van der Waals surface area contributed by atoms with Gasteiger partial charge in [0.25, 0.3) is 0 Å². The first-order valence-electron chi connectivity index (χ1n) is 8.49. The van der Waals surface area contributed by atoms with Crippen LogP contribution in [0.1, 0.15) is 24.8 Å². The second-order valence-corrected chi connectivity index (χ2v) is 6.47. The van der Waals surface area contributed by atoms with Crippen molar-refractivity contribution < 1.29 is 9.53 Å². The highest BCUT2D eigenvalue weighted by atomic mass is 16.5. The Balaban J connectivity index is 1.74. The summed E-state index contributed by atoms with van der Waals surface area (Å²) < 4.78 is 5.24. The van der Waals surface area contributed by atoms with Gasteiger partial charge in [0.15, 0.2) is 0 Å². The second-order valence-electron chi connectivity index (χ2n) is 6.47. The SMILES string of the molecule is COc1ccc(N2C(=O)C[C@@H]3CCC=C(c4ccccc4)[C@@H]32)cc1. The van der Waals surface area contributed by atoms with E-state index in [0.717, 1.165) is 24.3 Å². The van der Waals surface area contributed by atoms with E-state index in [1.807, 2.05) is 35.2 Å². The largest absolute Gasteiger partial charge is 0.497 e.